The molecule has 1 N–H and O–H groups in total. The molecule has 0 heterocycles. The second-order valence-corrected chi connectivity index (χ2v) is 4.37. The SMILES string of the molecule is CCc1ccccc1NCC(C#N)C(C)C. The molecule has 2 nitrogen and oxygen atoms in total. The van der Waals surface area contributed by atoms with Crippen molar-refractivity contribution in [2.24, 2.45) is 11.8 Å². The molecule has 1 atom stereocenters. The third kappa shape index (κ3) is 3.27. The van der Waals surface area contributed by atoms with E-state index < -0.39 is 0 Å². The van der Waals surface area contributed by atoms with Crippen LogP contribution in [-0.4, -0.2) is 6.54 Å². The van der Waals surface area contributed by atoms with Crippen molar-refractivity contribution in [3.63, 3.8) is 0 Å². The van der Waals surface area contributed by atoms with Gasteiger partial charge in [-0.25, -0.2) is 0 Å². The van der Waals surface area contributed by atoms with E-state index in [1.807, 2.05) is 12.1 Å². The largest absolute Gasteiger partial charge is 0.383 e. The van der Waals surface area contributed by atoms with Crippen LogP contribution in [0, 0.1) is 23.2 Å². The van der Waals surface area contributed by atoms with Crippen molar-refractivity contribution in [3.05, 3.63) is 29.8 Å². The van der Waals surface area contributed by atoms with Gasteiger partial charge in [0.05, 0.1) is 12.0 Å². The molecule has 1 rings (SSSR count). The molecule has 2 heteroatoms. The number of hydrogen-bond donors (Lipinski definition) is 1. The highest BCUT2D eigenvalue weighted by atomic mass is 14.9. The van der Waals surface area contributed by atoms with Crippen LogP contribution in [0.1, 0.15) is 26.3 Å². The first-order chi connectivity index (χ1) is 7.69. The highest BCUT2D eigenvalue weighted by Crippen LogP contribution is 2.17. The number of hydrogen-bond acceptors (Lipinski definition) is 2. The van der Waals surface area contributed by atoms with Crippen LogP contribution in [-0.2, 0) is 6.42 Å². The number of nitrogens with zero attached hydrogens (tertiary/aromatic N) is 1. The molecule has 0 saturated carbocycles. The molecular weight excluding hydrogens is 196 g/mol. The molecule has 0 saturated heterocycles. The quantitative estimate of drug-likeness (QED) is 0.818. The monoisotopic (exact) mass is 216 g/mol. The minimum Gasteiger partial charge on any atom is -0.383 e. The number of benzene rings is 1. The van der Waals surface area contributed by atoms with Crippen LogP contribution in [0.4, 0.5) is 5.69 Å². The minimum absolute atomic E-state index is 0.0740. The second-order valence-electron chi connectivity index (χ2n) is 4.37. The number of rotatable bonds is 5. The van der Waals surface area contributed by atoms with Crippen LogP contribution < -0.4 is 5.32 Å². The molecule has 86 valence electrons. The zero-order valence-corrected chi connectivity index (χ0v) is 10.3. The number of anilines is 1. The zero-order chi connectivity index (χ0) is 12.0. The Morgan fingerprint density at radius 1 is 1.31 bits per heavy atom. The third-order valence-electron chi connectivity index (χ3n) is 2.88. The van der Waals surface area contributed by atoms with E-state index in [1.54, 1.807) is 0 Å². The van der Waals surface area contributed by atoms with Gasteiger partial charge >= 0.3 is 0 Å². The number of nitriles is 1. The van der Waals surface area contributed by atoms with Crippen molar-refractivity contribution in [1.29, 1.82) is 5.26 Å². The Morgan fingerprint density at radius 3 is 2.56 bits per heavy atom. The molecule has 0 aliphatic carbocycles. The van der Waals surface area contributed by atoms with Crippen LogP contribution >= 0.6 is 0 Å². The first kappa shape index (κ1) is 12.6. The van der Waals surface area contributed by atoms with E-state index in [0.29, 0.717) is 5.92 Å². The molecular formula is C14H20N2. The summed E-state index contributed by atoms with van der Waals surface area (Å²) in [6, 6.07) is 10.6. The maximum absolute atomic E-state index is 9.01. The molecule has 16 heavy (non-hydrogen) atoms. The molecule has 1 unspecified atom stereocenters. The third-order valence-corrected chi connectivity index (χ3v) is 2.88. The molecule has 0 fully saturated rings. The smallest absolute Gasteiger partial charge is 0.0677 e. The van der Waals surface area contributed by atoms with Gasteiger partial charge in [0.25, 0.3) is 0 Å². The van der Waals surface area contributed by atoms with Crippen LogP contribution in [0.25, 0.3) is 0 Å². The second kappa shape index (κ2) is 6.17. The molecule has 1 aromatic carbocycles. The van der Waals surface area contributed by atoms with E-state index in [2.05, 4.69) is 44.3 Å². The summed E-state index contributed by atoms with van der Waals surface area (Å²) in [6.07, 6.45) is 1.02. The Labute approximate surface area is 98.3 Å². The molecule has 0 aliphatic heterocycles. The van der Waals surface area contributed by atoms with Gasteiger partial charge in [0.2, 0.25) is 0 Å². The first-order valence-electron chi connectivity index (χ1n) is 5.90. The number of nitrogens with one attached hydrogen (secondary N) is 1. The van der Waals surface area contributed by atoms with Crippen molar-refractivity contribution in [3.8, 4) is 6.07 Å². The van der Waals surface area contributed by atoms with Crippen molar-refractivity contribution in [2.75, 3.05) is 11.9 Å². The maximum atomic E-state index is 9.01. The van der Waals surface area contributed by atoms with Crippen molar-refractivity contribution in [1.82, 2.24) is 0 Å². The topological polar surface area (TPSA) is 35.8 Å². The number of aryl methyl sites for hydroxylation is 1. The fourth-order valence-corrected chi connectivity index (χ4v) is 1.65. The van der Waals surface area contributed by atoms with Gasteiger partial charge in [0.1, 0.15) is 0 Å². The normalized spacial score (nSPS) is 12.2. The van der Waals surface area contributed by atoms with Gasteiger partial charge in [-0.2, -0.15) is 5.26 Å². The Hall–Kier alpha value is -1.49. The summed E-state index contributed by atoms with van der Waals surface area (Å²) in [4.78, 5) is 0. The van der Waals surface area contributed by atoms with E-state index in [4.69, 9.17) is 5.26 Å². The Morgan fingerprint density at radius 2 is 2.00 bits per heavy atom. The molecule has 0 radical (unpaired) electrons. The van der Waals surface area contributed by atoms with Crippen LogP contribution in [0.2, 0.25) is 0 Å². The van der Waals surface area contributed by atoms with E-state index in [1.165, 1.54) is 5.56 Å². The summed E-state index contributed by atoms with van der Waals surface area (Å²) in [5.41, 5.74) is 2.47. The lowest BCUT2D eigenvalue weighted by molar-refractivity contribution is 0.496. The summed E-state index contributed by atoms with van der Waals surface area (Å²) in [5.74, 6) is 0.469. The molecule has 0 spiro atoms. The average Bonchev–Trinajstić information content (AvgIpc) is 2.30. The summed E-state index contributed by atoms with van der Waals surface area (Å²) in [6.45, 7) is 7.04. The van der Waals surface area contributed by atoms with Crippen LogP contribution in [0.3, 0.4) is 0 Å². The zero-order valence-electron chi connectivity index (χ0n) is 10.3. The average molecular weight is 216 g/mol. The van der Waals surface area contributed by atoms with Gasteiger partial charge in [-0.1, -0.05) is 39.0 Å². The van der Waals surface area contributed by atoms with Gasteiger partial charge < -0.3 is 5.32 Å². The predicted molar refractivity (Wildman–Crippen MR) is 68.3 cm³/mol. The molecule has 0 amide bonds. The molecule has 1 aromatic rings. The van der Waals surface area contributed by atoms with E-state index in [-0.39, 0.29) is 5.92 Å². The highest BCUT2D eigenvalue weighted by Gasteiger charge is 2.12. The highest BCUT2D eigenvalue weighted by molar-refractivity contribution is 5.51. The standard InChI is InChI=1S/C14H20N2/c1-4-12-7-5-6-8-14(12)16-10-13(9-15)11(2)3/h5-8,11,13,16H,4,10H2,1-3H3. The first-order valence-corrected chi connectivity index (χ1v) is 5.90. The van der Waals surface area contributed by atoms with Gasteiger partial charge in [-0.3, -0.25) is 0 Å². The molecule has 0 aromatic heterocycles. The van der Waals surface area contributed by atoms with E-state index in [9.17, 15) is 0 Å². The van der Waals surface area contributed by atoms with Gasteiger partial charge in [-0.05, 0) is 24.0 Å². The Bertz CT molecular complexity index is 363. The molecule has 0 aliphatic rings. The van der Waals surface area contributed by atoms with Gasteiger partial charge in [-0.15, -0.1) is 0 Å². The van der Waals surface area contributed by atoms with Crippen LogP contribution in [0.15, 0.2) is 24.3 Å². The Kier molecular flexibility index (Phi) is 4.85. The van der Waals surface area contributed by atoms with E-state index >= 15 is 0 Å². The van der Waals surface area contributed by atoms with E-state index in [0.717, 1.165) is 18.7 Å². The number of para-hydroxylation sites is 1. The van der Waals surface area contributed by atoms with Crippen molar-refractivity contribution >= 4 is 5.69 Å². The van der Waals surface area contributed by atoms with Gasteiger partial charge in [0, 0.05) is 12.2 Å². The lowest BCUT2D eigenvalue weighted by Crippen LogP contribution is -2.18. The summed E-state index contributed by atoms with van der Waals surface area (Å²) in [5, 5.41) is 12.4. The van der Waals surface area contributed by atoms with Crippen molar-refractivity contribution in [2.45, 2.75) is 27.2 Å². The minimum atomic E-state index is 0.0740. The Balaban J connectivity index is 2.64. The fraction of sp³-hybridized carbons (Fsp3) is 0.500. The lowest BCUT2D eigenvalue weighted by Gasteiger charge is -2.16. The van der Waals surface area contributed by atoms with Gasteiger partial charge in [0.15, 0.2) is 0 Å². The summed E-state index contributed by atoms with van der Waals surface area (Å²) >= 11 is 0. The molecule has 0 bridgehead atoms. The van der Waals surface area contributed by atoms with Crippen molar-refractivity contribution < 1.29 is 0 Å². The fourth-order valence-electron chi connectivity index (χ4n) is 1.65. The predicted octanol–water partition coefficient (Wildman–Crippen LogP) is 3.46. The summed E-state index contributed by atoms with van der Waals surface area (Å²) in [7, 11) is 0. The summed E-state index contributed by atoms with van der Waals surface area (Å²) < 4.78 is 0. The van der Waals surface area contributed by atoms with Crippen LogP contribution in [0.5, 0.6) is 0 Å². The maximum Gasteiger partial charge on any atom is 0.0677 e. The lowest BCUT2D eigenvalue weighted by atomic mass is 9.97.